The first-order valence-corrected chi connectivity index (χ1v) is 6.36. The van der Waals surface area contributed by atoms with Gasteiger partial charge in [-0.3, -0.25) is 4.79 Å². The Morgan fingerprint density at radius 2 is 1.50 bits per heavy atom. The van der Waals surface area contributed by atoms with Crippen molar-refractivity contribution in [3.05, 3.63) is 0 Å². The Bertz CT molecular complexity index is 363. The van der Waals surface area contributed by atoms with E-state index in [2.05, 4.69) is 5.32 Å². The first-order valence-electron chi connectivity index (χ1n) is 6.36. The zero-order valence-corrected chi connectivity index (χ0v) is 12.4. The molecule has 1 rings (SSSR count). The Balaban J connectivity index is 2.81. The predicted molar refractivity (Wildman–Crippen MR) is 70.1 cm³/mol. The molecule has 18 heavy (non-hydrogen) atoms. The molecule has 0 bridgehead atoms. The number of hydrogen-bond acceptors (Lipinski definition) is 2. The molecule has 1 atom stereocenters. The zero-order chi connectivity index (χ0) is 14.5. The summed E-state index contributed by atoms with van der Waals surface area (Å²) >= 11 is 0. The van der Waals surface area contributed by atoms with Crippen molar-refractivity contribution in [2.75, 3.05) is 0 Å². The Morgan fingerprint density at radius 3 is 1.72 bits per heavy atom. The molecule has 0 unspecified atom stereocenters. The second-order valence-corrected chi connectivity index (χ2v) is 7.52. The average Bonchev–Trinajstić information content (AvgIpc) is 2.50. The molecule has 0 saturated heterocycles. The molecule has 104 valence electrons. The normalized spacial score (nSPS) is 23.3. The minimum atomic E-state index is -0.980. The summed E-state index contributed by atoms with van der Waals surface area (Å²) < 4.78 is 0. The van der Waals surface area contributed by atoms with Crippen LogP contribution in [0.5, 0.6) is 0 Å². The molecule has 0 radical (unpaired) electrons. The van der Waals surface area contributed by atoms with Crippen LogP contribution < -0.4 is 5.32 Å². The van der Waals surface area contributed by atoms with Gasteiger partial charge >= 0.3 is 5.97 Å². The second-order valence-electron chi connectivity index (χ2n) is 7.52. The van der Waals surface area contributed by atoms with E-state index in [9.17, 15) is 14.7 Å². The van der Waals surface area contributed by atoms with Crippen molar-refractivity contribution in [2.24, 2.45) is 22.2 Å². The highest BCUT2D eigenvalue weighted by Crippen LogP contribution is 2.68. The maximum atomic E-state index is 12.2. The van der Waals surface area contributed by atoms with E-state index < -0.39 is 17.4 Å². The lowest BCUT2D eigenvalue weighted by molar-refractivity contribution is -0.145. The summed E-state index contributed by atoms with van der Waals surface area (Å²) in [5.41, 5.74) is -0.638. The fraction of sp³-hybridized carbons (Fsp3) is 0.857. The molecule has 0 aromatic heterocycles. The fourth-order valence-corrected chi connectivity index (χ4v) is 2.73. The Kier molecular flexibility index (Phi) is 3.31. The second kappa shape index (κ2) is 3.97. The molecule has 0 aromatic rings. The van der Waals surface area contributed by atoms with Gasteiger partial charge in [0.05, 0.1) is 0 Å². The van der Waals surface area contributed by atoms with Crippen molar-refractivity contribution in [3.63, 3.8) is 0 Å². The van der Waals surface area contributed by atoms with Crippen molar-refractivity contribution in [3.8, 4) is 0 Å². The average molecular weight is 255 g/mol. The van der Waals surface area contributed by atoms with Crippen LogP contribution in [0.4, 0.5) is 0 Å². The van der Waals surface area contributed by atoms with Crippen molar-refractivity contribution < 1.29 is 14.7 Å². The topological polar surface area (TPSA) is 66.4 Å². The van der Waals surface area contributed by atoms with Crippen LogP contribution in [0.2, 0.25) is 0 Å². The molecule has 1 saturated carbocycles. The van der Waals surface area contributed by atoms with E-state index in [4.69, 9.17) is 0 Å². The number of carboxylic acids is 1. The third-order valence-electron chi connectivity index (χ3n) is 4.68. The quantitative estimate of drug-likeness (QED) is 0.813. The van der Waals surface area contributed by atoms with Crippen LogP contribution in [0.1, 0.15) is 48.5 Å². The predicted octanol–water partition coefficient (Wildman–Crippen LogP) is 2.28. The van der Waals surface area contributed by atoms with E-state index in [0.717, 1.165) is 0 Å². The van der Waals surface area contributed by atoms with Crippen molar-refractivity contribution in [2.45, 2.75) is 54.5 Å². The van der Waals surface area contributed by atoms with Crippen LogP contribution in [0.25, 0.3) is 0 Å². The standard InChI is InChI=1S/C14H25NO3/c1-12(2,3)9(11(17)18)15-10(16)8-13(4,5)14(8,6)7/h8-9H,1-7H3,(H,15,16)(H,17,18)/t9-/m0/s1. The van der Waals surface area contributed by atoms with E-state index in [-0.39, 0.29) is 22.7 Å². The number of nitrogens with one attached hydrogen (secondary N) is 1. The smallest absolute Gasteiger partial charge is 0.326 e. The molecule has 4 nitrogen and oxygen atoms in total. The molecule has 0 heterocycles. The van der Waals surface area contributed by atoms with Gasteiger partial charge in [-0.25, -0.2) is 4.79 Å². The van der Waals surface area contributed by atoms with Crippen molar-refractivity contribution in [1.29, 1.82) is 0 Å². The van der Waals surface area contributed by atoms with Crippen LogP contribution in [0.3, 0.4) is 0 Å². The molecule has 1 amide bonds. The van der Waals surface area contributed by atoms with Gasteiger partial charge in [-0.05, 0) is 16.2 Å². The molecular weight excluding hydrogens is 230 g/mol. The highest BCUT2D eigenvalue weighted by Gasteiger charge is 2.68. The number of carboxylic acid groups (broad SMARTS) is 1. The van der Waals surface area contributed by atoms with Gasteiger partial charge in [0.2, 0.25) is 5.91 Å². The molecule has 0 aromatic carbocycles. The monoisotopic (exact) mass is 255 g/mol. The van der Waals surface area contributed by atoms with E-state index in [1.54, 1.807) is 0 Å². The third kappa shape index (κ3) is 2.25. The van der Waals surface area contributed by atoms with Crippen LogP contribution >= 0.6 is 0 Å². The molecule has 1 aliphatic rings. The Labute approximate surface area is 109 Å². The summed E-state index contributed by atoms with van der Waals surface area (Å²) in [6.07, 6.45) is 0. The summed E-state index contributed by atoms with van der Waals surface area (Å²) in [6.45, 7) is 13.6. The van der Waals surface area contributed by atoms with Gasteiger partial charge < -0.3 is 10.4 Å². The summed E-state index contributed by atoms with van der Waals surface area (Å²) in [5, 5.41) is 11.9. The molecule has 0 aliphatic heterocycles. The van der Waals surface area contributed by atoms with Gasteiger partial charge in [0.1, 0.15) is 6.04 Å². The molecule has 1 aliphatic carbocycles. The van der Waals surface area contributed by atoms with E-state index in [1.165, 1.54) is 0 Å². The number of carbonyl (C=O) groups excluding carboxylic acids is 1. The van der Waals surface area contributed by atoms with E-state index in [1.807, 2.05) is 48.5 Å². The third-order valence-corrected chi connectivity index (χ3v) is 4.68. The van der Waals surface area contributed by atoms with Gasteiger partial charge in [-0.2, -0.15) is 0 Å². The number of aliphatic carboxylic acids is 1. The van der Waals surface area contributed by atoms with Crippen molar-refractivity contribution >= 4 is 11.9 Å². The molecular formula is C14H25NO3. The van der Waals surface area contributed by atoms with Gasteiger partial charge in [-0.15, -0.1) is 0 Å². The van der Waals surface area contributed by atoms with Gasteiger partial charge in [0.15, 0.2) is 0 Å². The number of amides is 1. The van der Waals surface area contributed by atoms with E-state index >= 15 is 0 Å². The van der Waals surface area contributed by atoms with Crippen LogP contribution in [-0.2, 0) is 9.59 Å². The summed E-state index contributed by atoms with van der Waals surface area (Å²) in [7, 11) is 0. The minimum absolute atomic E-state index is 0.0714. The zero-order valence-electron chi connectivity index (χ0n) is 12.4. The Hall–Kier alpha value is -1.06. The maximum absolute atomic E-state index is 12.2. The van der Waals surface area contributed by atoms with Crippen LogP contribution in [0, 0.1) is 22.2 Å². The molecule has 0 spiro atoms. The van der Waals surface area contributed by atoms with E-state index in [0.29, 0.717) is 0 Å². The molecule has 4 heteroatoms. The van der Waals surface area contributed by atoms with Gasteiger partial charge in [-0.1, -0.05) is 48.5 Å². The SMILES string of the molecule is CC(C)(C)[C@@H](NC(=O)C1C(C)(C)C1(C)C)C(=O)O. The maximum Gasteiger partial charge on any atom is 0.326 e. The lowest BCUT2D eigenvalue weighted by atomic mass is 9.86. The summed E-state index contributed by atoms with van der Waals surface area (Å²) in [5.74, 6) is -1.24. The van der Waals surface area contributed by atoms with Crippen LogP contribution in [0.15, 0.2) is 0 Å². The Morgan fingerprint density at radius 1 is 1.11 bits per heavy atom. The lowest BCUT2D eigenvalue weighted by Gasteiger charge is -2.28. The summed E-state index contributed by atoms with van der Waals surface area (Å²) in [4.78, 5) is 23.5. The lowest BCUT2D eigenvalue weighted by Crippen LogP contribution is -2.50. The van der Waals surface area contributed by atoms with Crippen molar-refractivity contribution in [1.82, 2.24) is 5.32 Å². The molecule has 1 fully saturated rings. The highest BCUT2D eigenvalue weighted by molar-refractivity contribution is 5.88. The van der Waals surface area contributed by atoms with Crippen LogP contribution in [-0.4, -0.2) is 23.0 Å². The minimum Gasteiger partial charge on any atom is -0.480 e. The first kappa shape index (κ1) is 15.0. The first-order chi connectivity index (χ1) is 7.83. The number of rotatable bonds is 3. The summed E-state index contributed by atoms with van der Waals surface area (Å²) in [6, 6.07) is -0.850. The van der Waals surface area contributed by atoms with Gasteiger partial charge in [0, 0.05) is 5.92 Å². The highest BCUT2D eigenvalue weighted by atomic mass is 16.4. The largest absolute Gasteiger partial charge is 0.480 e. The van der Waals surface area contributed by atoms with Gasteiger partial charge in [0.25, 0.3) is 0 Å². The molecule has 2 N–H and O–H groups in total. The fourth-order valence-electron chi connectivity index (χ4n) is 2.73. The number of carbonyl (C=O) groups is 2. The number of hydrogen-bond donors (Lipinski definition) is 2.